The molecule has 9 heteroatoms. The third kappa shape index (κ3) is 5.10. The second kappa shape index (κ2) is 10.2. The summed E-state index contributed by atoms with van der Waals surface area (Å²) >= 11 is 0. The average Bonchev–Trinajstić information content (AvgIpc) is 3.24. The molecule has 9 nitrogen and oxygen atoms in total. The van der Waals surface area contributed by atoms with E-state index in [1.54, 1.807) is 92.2 Å². The van der Waals surface area contributed by atoms with Gasteiger partial charge in [0.05, 0.1) is 24.9 Å². The summed E-state index contributed by atoms with van der Waals surface area (Å²) in [5.41, 5.74) is 2.79. The van der Waals surface area contributed by atoms with E-state index < -0.39 is 0 Å². The first kappa shape index (κ1) is 23.6. The largest absolute Gasteiger partial charge is 0.497 e. The van der Waals surface area contributed by atoms with Crippen molar-refractivity contribution in [3.63, 3.8) is 0 Å². The Hall–Kier alpha value is -5.18. The van der Waals surface area contributed by atoms with Gasteiger partial charge in [-0.05, 0) is 66.2 Å². The lowest BCUT2D eigenvalue weighted by Gasteiger charge is -2.12. The molecule has 0 spiro atoms. The van der Waals surface area contributed by atoms with E-state index in [2.05, 4.69) is 15.7 Å². The second-order valence-electron chi connectivity index (χ2n) is 8.25. The molecule has 2 aromatic heterocycles. The maximum absolute atomic E-state index is 13.1. The van der Waals surface area contributed by atoms with Crippen molar-refractivity contribution in [3.05, 3.63) is 124 Å². The number of para-hydroxylation sites is 1. The number of pyridine rings is 1. The molecule has 0 aliphatic heterocycles. The molecule has 0 atom stereocenters. The predicted octanol–water partition coefficient (Wildman–Crippen LogP) is 4.06. The maximum Gasteiger partial charge on any atom is 0.350 e. The average molecular weight is 494 g/mol. The number of carbonyl (C=O) groups excluding carboxylic acids is 2. The van der Waals surface area contributed by atoms with Gasteiger partial charge in [-0.25, -0.2) is 9.48 Å². The van der Waals surface area contributed by atoms with Gasteiger partial charge in [-0.1, -0.05) is 30.3 Å². The van der Waals surface area contributed by atoms with Crippen molar-refractivity contribution in [2.75, 3.05) is 17.7 Å². The van der Waals surface area contributed by atoms with Crippen LogP contribution in [0, 0.1) is 0 Å². The first-order valence-corrected chi connectivity index (χ1v) is 11.5. The number of ether oxygens (including phenoxy) is 1. The fraction of sp³-hybridized carbons (Fsp3) is 0.0714. The molecule has 2 N–H and O–H groups in total. The molecule has 0 saturated heterocycles. The third-order valence-corrected chi connectivity index (χ3v) is 5.78. The summed E-state index contributed by atoms with van der Waals surface area (Å²) in [6.45, 7) is 0.249. The SMILES string of the molecule is COc1ccc(C(=O)Nc2ccccc2C(=O)Nc2cccc(Cn3nc4ccccn4c3=O)c2)cc1. The highest BCUT2D eigenvalue weighted by Crippen LogP contribution is 2.20. The lowest BCUT2D eigenvalue weighted by molar-refractivity contribution is 0.102. The first-order chi connectivity index (χ1) is 18.0. The van der Waals surface area contributed by atoms with Crippen molar-refractivity contribution >= 4 is 28.8 Å². The highest BCUT2D eigenvalue weighted by atomic mass is 16.5. The standard InChI is InChI=1S/C28H23N5O4/c1-37-22-14-12-20(13-15-22)26(34)30-24-10-3-2-9-23(24)27(35)29-21-8-6-7-19(17-21)18-33-28(36)32-16-5-4-11-25(32)31-33/h2-17H,18H2,1H3,(H,29,35)(H,30,34). The Kier molecular flexibility index (Phi) is 6.50. The lowest BCUT2D eigenvalue weighted by atomic mass is 10.1. The van der Waals surface area contributed by atoms with E-state index in [1.165, 1.54) is 9.08 Å². The van der Waals surface area contributed by atoms with Crippen molar-refractivity contribution in [1.82, 2.24) is 14.2 Å². The number of fused-ring (bicyclic) bond motifs is 1. The van der Waals surface area contributed by atoms with Crippen LogP contribution in [0.4, 0.5) is 11.4 Å². The van der Waals surface area contributed by atoms with Crippen LogP contribution < -0.4 is 21.1 Å². The number of hydrogen-bond acceptors (Lipinski definition) is 5. The lowest BCUT2D eigenvalue weighted by Crippen LogP contribution is -2.21. The summed E-state index contributed by atoms with van der Waals surface area (Å²) in [6, 6.07) is 26.0. The van der Waals surface area contributed by atoms with Crippen LogP contribution in [0.1, 0.15) is 26.3 Å². The molecular weight excluding hydrogens is 470 g/mol. The number of hydrogen-bond donors (Lipinski definition) is 2. The van der Waals surface area contributed by atoms with E-state index in [4.69, 9.17) is 4.74 Å². The Balaban J connectivity index is 1.32. The van der Waals surface area contributed by atoms with Crippen LogP contribution in [0.5, 0.6) is 5.75 Å². The van der Waals surface area contributed by atoms with E-state index in [0.29, 0.717) is 33.9 Å². The molecule has 3 aromatic carbocycles. The number of methoxy groups -OCH3 is 1. The van der Waals surface area contributed by atoms with E-state index >= 15 is 0 Å². The molecule has 0 bridgehead atoms. The Morgan fingerprint density at radius 3 is 2.43 bits per heavy atom. The van der Waals surface area contributed by atoms with Gasteiger partial charge < -0.3 is 15.4 Å². The van der Waals surface area contributed by atoms with Crippen molar-refractivity contribution in [1.29, 1.82) is 0 Å². The number of nitrogens with one attached hydrogen (secondary N) is 2. The van der Waals surface area contributed by atoms with Crippen LogP contribution in [0.25, 0.3) is 5.65 Å². The molecule has 37 heavy (non-hydrogen) atoms. The predicted molar refractivity (Wildman–Crippen MR) is 140 cm³/mol. The molecule has 0 fully saturated rings. The number of rotatable bonds is 7. The summed E-state index contributed by atoms with van der Waals surface area (Å²) < 4.78 is 7.98. The monoisotopic (exact) mass is 493 g/mol. The minimum atomic E-state index is -0.382. The highest BCUT2D eigenvalue weighted by molar-refractivity contribution is 6.12. The smallest absolute Gasteiger partial charge is 0.350 e. The van der Waals surface area contributed by atoms with E-state index in [9.17, 15) is 14.4 Å². The van der Waals surface area contributed by atoms with Crippen LogP contribution >= 0.6 is 0 Å². The van der Waals surface area contributed by atoms with Gasteiger partial charge in [0.2, 0.25) is 0 Å². The van der Waals surface area contributed by atoms with Crippen molar-refractivity contribution in [3.8, 4) is 5.75 Å². The number of nitrogens with zero attached hydrogens (tertiary/aromatic N) is 3. The topological polar surface area (TPSA) is 107 Å². The number of anilines is 2. The number of carbonyl (C=O) groups is 2. The van der Waals surface area contributed by atoms with Crippen LogP contribution in [-0.4, -0.2) is 33.1 Å². The molecule has 5 rings (SSSR count). The fourth-order valence-corrected chi connectivity index (χ4v) is 3.92. The van der Waals surface area contributed by atoms with Crippen LogP contribution in [-0.2, 0) is 6.54 Å². The molecule has 2 amide bonds. The maximum atomic E-state index is 13.1. The molecule has 0 unspecified atom stereocenters. The zero-order valence-electron chi connectivity index (χ0n) is 19.9. The fourth-order valence-electron chi connectivity index (χ4n) is 3.92. The Labute approximate surface area is 211 Å². The summed E-state index contributed by atoms with van der Waals surface area (Å²) in [6.07, 6.45) is 1.67. The Morgan fingerprint density at radius 1 is 0.865 bits per heavy atom. The van der Waals surface area contributed by atoms with Gasteiger partial charge in [-0.3, -0.25) is 14.0 Å². The van der Waals surface area contributed by atoms with Crippen LogP contribution in [0.3, 0.4) is 0 Å². The zero-order chi connectivity index (χ0) is 25.8. The molecular formula is C28H23N5O4. The van der Waals surface area contributed by atoms with Gasteiger partial charge in [0.1, 0.15) is 5.75 Å². The molecule has 184 valence electrons. The van der Waals surface area contributed by atoms with Crippen LogP contribution in [0.2, 0.25) is 0 Å². The summed E-state index contributed by atoms with van der Waals surface area (Å²) in [5, 5.41) is 10.0. The highest BCUT2D eigenvalue weighted by Gasteiger charge is 2.15. The zero-order valence-corrected chi connectivity index (χ0v) is 19.9. The normalized spacial score (nSPS) is 10.7. The van der Waals surface area contributed by atoms with Gasteiger partial charge in [0, 0.05) is 17.4 Å². The van der Waals surface area contributed by atoms with Crippen LogP contribution in [0.15, 0.2) is 102 Å². The number of amides is 2. The molecule has 5 aromatic rings. The van der Waals surface area contributed by atoms with Gasteiger partial charge in [-0.2, -0.15) is 0 Å². The summed E-state index contributed by atoms with van der Waals surface area (Å²) in [7, 11) is 1.55. The number of benzene rings is 3. The molecule has 2 heterocycles. The van der Waals surface area contributed by atoms with Crippen molar-refractivity contribution in [2.24, 2.45) is 0 Å². The van der Waals surface area contributed by atoms with Gasteiger partial charge in [-0.15, -0.1) is 5.10 Å². The molecule has 0 saturated carbocycles. The van der Waals surface area contributed by atoms with Crippen molar-refractivity contribution < 1.29 is 14.3 Å². The number of aromatic nitrogens is 3. The Bertz CT molecular complexity index is 1650. The molecule has 0 aliphatic carbocycles. The minimum Gasteiger partial charge on any atom is -0.497 e. The van der Waals surface area contributed by atoms with Crippen molar-refractivity contribution in [2.45, 2.75) is 6.54 Å². The second-order valence-corrected chi connectivity index (χ2v) is 8.25. The Morgan fingerprint density at radius 2 is 1.65 bits per heavy atom. The third-order valence-electron chi connectivity index (χ3n) is 5.78. The summed E-state index contributed by atoms with van der Waals surface area (Å²) in [4.78, 5) is 38.5. The minimum absolute atomic E-state index is 0.244. The summed E-state index contributed by atoms with van der Waals surface area (Å²) in [5.74, 6) is -0.0832. The van der Waals surface area contributed by atoms with E-state index in [-0.39, 0.29) is 24.0 Å². The molecule has 0 radical (unpaired) electrons. The van der Waals surface area contributed by atoms with Gasteiger partial charge in [0.25, 0.3) is 11.8 Å². The first-order valence-electron chi connectivity index (χ1n) is 11.5. The molecule has 0 aliphatic rings. The van der Waals surface area contributed by atoms with Gasteiger partial charge >= 0.3 is 5.69 Å². The van der Waals surface area contributed by atoms with E-state index in [0.717, 1.165) is 5.56 Å². The van der Waals surface area contributed by atoms with E-state index in [1.807, 2.05) is 12.1 Å². The quantitative estimate of drug-likeness (QED) is 0.356. The van der Waals surface area contributed by atoms with Gasteiger partial charge in [0.15, 0.2) is 5.65 Å².